The van der Waals surface area contributed by atoms with Gasteiger partial charge in [0.25, 0.3) is 5.91 Å². The molecule has 0 radical (unpaired) electrons. The number of hydrogen-bond donors (Lipinski definition) is 2. The minimum Gasteiger partial charge on any atom is -0.487 e. The molecule has 8 heteroatoms. The first-order chi connectivity index (χ1) is 15.0. The second-order valence-corrected chi connectivity index (χ2v) is 8.57. The van der Waals surface area contributed by atoms with Gasteiger partial charge in [-0.3, -0.25) is 14.5 Å². The van der Waals surface area contributed by atoms with Gasteiger partial charge in [0.05, 0.1) is 12.1 Å². The first-order valence-electron chi connectivity index (χ1n) is 10.3. The Morgan fingerprint density at radius 1 is 1.13 bits per heavy atom. The number of halogens is 1. The SMILES string of the molecule is CN1CCN(CC(=O)Nc2ccc3c(c2)CO/C3=C2/C(=O)Nc3ccc(Cl)cc32)CC1. The van der Waals surface area contributed by atoms with Crippen LogP contribution in [0.5, 0.6) is 0 Å². The lowest BCUT2D eigenvalue weighted by Crippen LogP contribution is -2.47. The van der Waals surface area contributed by atoms with E-state index in [9.17, 15) is 9.59 Å². The number of fused-ring (bicyclic) bond motifs is 2. The minimum absolute atomic E-state index is 0.0271. The maximum atomic E-state index is 12.6. The molecular weight excluding hydrogens is 416 g/mol. The Hall–Kier alpha value is -2.87. The zero-order valence-electron chi connectivity index (χ0n) is 17.2. The highest BCUT2D eigenvalue weighted by Gasteiger charge is 2.32. The molecule has 0 aromatic heterocycles. The Morgan fingerprint density at radius 2 is 1.94 bits per heavy atom. The maximum Gasteiger partial charge on any atom is 0.260 e. The number of hydrogen-bond acceptors (Lipinski definition) is 5. The van der Waals surface area contributed by atoms with Gasteiger partial charge in [-0.25, -0.2) is 0 Å². The highest BCUT2D eigenvalue weighted by molar-refractivity contribution is 6.38. The van der Waals surface area contributed by atoms with Crippen LogP contribution in [-0.4, -0.2) is 61.4 Å². The molecule has 7 nitrogen and oxygen atoms in total. The number of likely N-dealkylation sites (N-methyl/N-ethyl adjacent to an activating group) is 1. The fourth-order valence-corrected chi connectivity index (χ4v) is 4.39. The van der Waals surface area contributed by atoms with Crippen LogP contribution in [0.1, 0.15) is 16.7 Å². The van der Waals surface area contributed by atoms with Gasteiger partial charge < -0.3 is 20.3 Å². The van der Waals surface area contributed by atoms with Gasteiger partial charge in [0, 0.05) is 59.3 Å². The number of piperazine rings is 1. The van der Waals surface area contributed by atoms with Gasteiger partial charge in [-0.05, 0) is 43.4 Å². The number of nitrogens with one attached hydrogen (secondary N) is 2. The lowest BCUT2D eigenvalue weighted by Gasteiger charge is -2.31. The van der Waals surface area contributed by atoms with E-state index in [4.69, 9.17) is 16.3 Å². The number of anilines is 2. The lowest BCUT2D eigenvalue weighted by atomic mass is 10.00. The number of amides is 2. The zero-order valence-corrected chi connectivity index (χ0v) is 18.0. The number of carbonyl (C=O) groups excluding carboxylic acids is 2. The topological polar surface area (TPSA) is 73.9 Å². The van der Waals surface area contributed by atoms with E-state index in [-0.39, 0.29) is 11.8 Å². The Kier molecular flexibility index (Phi) is 5.17. The Bertz CT molecular complexity index is 1110. The molecule has 2 aromatic rings. The van der Waals surface area contributed by atoms with Crippen LogP contribution in [0.15, 0.2) is 36.4 Å². The number of rotatable bonds is 3. The van der Waals surface area contributed by atoms with E-state index in [1.807, 2.05) is 18.2 Å². The van der Waals surface area contributed by atoms with Gasteiger partial charge in [-0.15, -0.1) is 0 Å². The molecule has 1 saturated heterocycles. The van der Waals surface area contributed by atoms with Crippen LogP contribution in [0.3, 0.4) is 0 Å². The van der Waals surface area contributed by atoms with E-state index in [0.29, 0.717) is 29.5 Å². The summed E-state index contributed by atoms with van der Waals surface area (Å²) in [4.78, 5) is 29.5. The van der Waals surface area contributed by atoms with Crippen molar-refractivity contribution in [3.63, 3.8) is 0 Å². The van der Waals surface area contributed by atoms with Crippen LogP contribution in [0.4, 0.5) is 11.4 Å². The smallest absolute Gasteiger partial charge is 0.260 e. The summed E-state index contributed by atoms with van der Waals surface area (Å²) in [5.41, 5.74) is 4.47. The number of ether oxygens (including phenoxy) is 1. The molecule has 0 bridgehead atoms. The summed E-state index contributed by atoms with van der Waals surface area (Å²) in [6, 6.07) is 11.0. The van der Waals surface area contributed by atoms with Crippen LogP contribution in [0.25, 0.3) is 11.3 Å². The van der Waals surface area contributed by atoms with Crippen molar-refractivity contribution in [2.75, 3.05) is 50.4 Å². The molecular formula is C23H23ClN4O3. The Labute approximate surface area is 185 Å². The van der Waals surface area contributed by atoms with Crippen molar-refractivity contribution in [3.8, 4) is 0 Å². The molecule has 2 amide bonds. The molecule has 0 spiro atoms. The van der Waals surface area contributed by atoms with E-state index in [1.165, 1.54) is 0 Å². The molecule has 3 aliphatic heterocycles. The molecule has 3 heterocycles. The molecule has 1 fully saturated rings. The predicted octanol–water partition coefficient (Wildman–Crippen LogP) is 2.88. The fourth-order valence-electron chi connectivity index (χ4n) is 4.22. The van der Waals surface area contributed by atoms with E-state index >= 15 is 0 Å². The third-order valence-corrected chi connectivity index (χ3v) is 6.16. The largest absolute Gasteiger partial charge is 0.487 e. The van der Waals surface area contributed by atoms with E-state index in [1.54, 1.807) is 18.2 Å². The molecule has 3 aliphatic rings. The normalized spacial score (nSPS) is 20.8. The average molecular weight is 439 g/mol. The lowest BCUT2D eigenvalue weighted by molar-refractivity contribution is -0.117. The van der Waals surface area contributed by atoms with Crippen LogP contribution in [-0.2, 0) is 20.9 Å². The average Bonchev–Trinajstić information content (AvgIpc) is 3.28. The van der Waals surface area contributed by atoms with Crippen molar-refractivity contribution in [2.45, 2.75) is 6.61 Å². The highest BCUT2D eigenvalue weighted by atomic mass is 35.5. The van der Waals surface area contributed by atoms with Crippen molar-refractivity contribution in [3.05, 3.63) is 58.1 Å². The third-order valence-electron chi connectivity index (χ3n) is 5.92. The van der Waals surface area contributed by atoms with E-state index in [0.717, 1.165) is 54.2 Å². The first kappa shape index (κ1) is 20.1. The molecule has 160 valence electrons. The van der Waals surface area contributed by atoms with Gasteiger partial charge in [-0.2, -0.15) is 0 Å². The summed E-state index contributed by atoms with van der Waals surface area (Å²) in [6.07, 6.45) is 0. The van der Waals surface area contributed by atoms with Crippen molar-refractivity contribution >= 4 is 46.1 Å². The number of nitrogens with zero attached hydrogens (tertiary/aromatic N) is 2. The third kappa shape index (κ3) is 3.92. The quantitative estimate of drug-likeness (QED) is 0.721. The monoisotopic (exact) mass is 438 g/mol. The number of benzene rings is 2. The van der Waals surface area contributed by atoms with E-state index < -0.39 is 0 Å². The van der Waals surface area contributed by atoms with Gasteiger partial charge in [0.2, 0.25) is 5.91 Å². The van der Waals surface area contributed by atoms with Gasteiger partial charge in [0.15, 0.2) is 0 Å². The predicted molar refractivity (Wildman–Crippen MR) is 121 cm³/mol. The molecule has 0 unspecified atom stereocenters. The van der Waals surface area contributed by atoms with Crippen molar-refractivity contribution in [2.24, 2.45) is 0 Å². The summed E-state index contributed by atoms with van der Waals surface area (Å²) >= 11 is 6.14. The van der Waals surface area contributed by atoms with Gasteiger partial charge in [-0.1, -0.05) is 11.6 Å². The van der Waals surface area contributed by atoms with Crippen LogP contribution >= 0.6 is 11.6 Å². The molecule has 2 N–H and O–H groups in total. The summed E-state index contributed by atoms with van der Waals surface area (Å²) in [6.45, 7) is 4.47. The van der Waals surface area contributed by atoms with E-state index in [2.05, 4.69) is 27.5 Å². The number of carbonyl (C=O) groups is 2. The Morgan fingerprint density at radius 3 is 2.74 bits per heavy atom. The summed E-state index contributed by atoms with van der Waals surface area (Å²) < 4.78 is 5.92. The molecule has 31 heavy (non-hydrogen) atoms. The highest BCUT2D eigenvalue weighted by Crippen LogP contribution is 2.42. The van der Waals surface area contributed by atoms with Crippen molar-refractivity contribution < 1.29 is 14.3 Å². The summed E-state index contributed by atoms with van der Waals surface area (Å²) in [5, 5.41) is 6.41. The molecule has 0 aliphatic carbocycles. The van der Waals surface area contributed by atoms with Crippen LogP contribution < -0.4 is 10.6 Å². The summed E-state index contributed by atoms with van der Waals surface area (Å²) in [5.74, 6) is 0.314. The minimum atomic E-state index is -0.204. The van der Waals surface area contributed by atoms with Gasteiger partial charge >= 0.3 is 0 Å². The second kappa shape index (κ2) is 8.00. The van der Waals surface area contributed by atoms with Crippen LogP contribution in [0, 0.1) is 0 Å². The van der Waals surface area contributed by atoms with Crippen molar-refractivity contribution in [1.82, 2.24) is 9.80 Å². The zero-order chi connectivity index (χ0) is 21.5. The second-order valence-electron chi connectivity index (χ2n) is 8.14. The maximum absolute atomic E-state index is 12.6. The molecule has 0 atom stereocenters. The summed E-state index contributed by atoms with van der Waals surface area (Å²) in [7, 11) is 2.09. The van der Waals surface area contributed by atoms with Crippen LogP contribution in [0.2, 0.25) is 5.02 Å². The fraction of sp³-hybridized carbons (Fsp3) is 0.304. The standard InChI is InChI=1S/C23H23ClN4O3/c1-27-6-8-28(9-7-27)12-20(29)25-16-3-4-17-14(10-16)13-31-22(17)21-18-11-15(24)2-5-19(18)26-23(21)30/h2-5,10-11H,6-9,12-13H2,1H3,(H,25,29)(H,26,30)/b22-21+. The van der Waals surface area contributed by atoms with Crippen molar-refractivity contribution in [1.29, 1.82) is 0 Å². The molecule has 2 aromatic carbocycles. The molecule has 0 saturated carbocycles. The Balaban J connectivity index is 1.35. The molecule has 5 rings (SSSR count). The van der Waals surface area contributed by atoms with Gasteiger partial charge in [0.1, 0.15) is 12.4 Å². The first-order valence-corrected chi connectivity index (χ1v) is 10.7.